The maximum atomic E-state index is 10.9. The van der Waals surface area contributed by atoms with Crippen molar-refractivity contribution in [1.82, 2.24) is 0 Å². The number of furan rings is 1. The summed E-state index contributed by atoms with van der Waals surface area (Å²) in [5.41, 5.74) is 5.69. The maximum absolute atomic E-state index is 10.9. The smallest absolute Gasteiger partial charge is 0.307 e. The molecule has 1 aromatic rings. The van der Waals surface area contributed by atoms with E-state index >= 15 is 0 Å². The van der Waals surface area contributed by atoms with Gasteiger partial charge in [0.2, 0.25) is 0 Å². The van der Waals surface area contributed by atoms with Crippen LogP contribution in [0.3, 0.4) is 0 Å². The average Bonchev–Trinajstić information content (AvgIpc) is 2.51. The summed E-state index contributed by atoms with van der Waals surface area (Å²) in [5, 5.41) is 0. The number of carbonyl (C=O) groups excluding carboxylic acids is 1. The number of rotatable bonds is 3. The fourth-order valence-corrected chi connectivity index (χ4v) is 1.02. The second-order valence-electron chi connectivity index (χ2n) is 2.84. The topological polar surface area (TPSA) is 65.5 Å². The molecule has 0 saturated carbocycles. The molecule has 0 amide bonds. The summed E-state index contributed by atoms with van der Waals surface area (Å²) in [7, 11) is 1.34. The summed E-state index contributed by atoms with van der Waals surface area (Å²) in [5.74, 6) is 1.07. The molecule has 1 heterocycles. The summed E-state index contributed by atoms with van der Waals surface area (Å²) in [6.45, 7) is 1.83. The molecule has 0 unspecified atom stereocenters. The highest BCUT2D eigenvalue weighted by Crippen LogP contribution is 2.16. The Balaban J connectivity index is 2.58. The number of ether oxygens (including phenoxy) is 1. The SMILES string of the molecule is COC(=O)C[C@H](N)c1ccc(C)o1. The molecule has 4 heteroatoms. The molecule has 72 valence electrons. The minimum absolute atomic E-state index is 0.142. The second kappa shape index (κ2) is 4.09. The Bertz CT molecular complexity index is 293. The summed E-state index contributed by atoms with van der Waals surface area (Å²) in [4.78, 5) is 10.9. The molecule has 1 aromatic heterocycles. The molecule has 4 nitrogen and oxygen atoms in total. The number of carbonyl (C=O) groups is 1. The lowest BCUT2D eigenvalue weighted by Gasteiger charge is -2.06. The van der Waals surface area contributed by atoms with Crippen molar-refractivity contribution in [2.24, 2.45) is 5.73 Å². The zero-order valence-corrected chi connectivity index (χ0v) is 7.74. The van der Waals surface area contributed by atoms with Crippen LogP contribution in [0.1, 0.15) is 24.0 Å². The number of esters is 1. The zero-order chi connectivity index (χ0) is 9.84. The first-order valence-electron chi connectivity index (χ1n) is 4.02. The fourth-order valence-electron chi connectivity index (χ4n) is 1.02. The van der Waals surface area contributed by atoms with E-state index in [1.807, 2.05) is 13.0 Å². The van der Waals surface area contributed by atoms with E-state index in [1.165, 1.54) is 7.11 Å². The van der Waals surface area contributed by atoms with Gasteiger partial charge in [0.15, 0.2) is 0 Å². The van der Waals surface area contributed by atoms with Gasteiger partial charge in [-0.3, -0.25) is 4.79 Å². The van der Waals surface area contributed by atoms with Crippen LogP contribution in [0.5, 0.6) is 0 Å². The molecule has 0 aromatic carbocycles. The predicted molar refractivity (Wildman–Crippen MR) is 47.0 cm³/mol. The molecule has 0 saturated heterocycles. The Hall–Kier alpha value is -1.29. The van der Waals surface area contributed by atoms with Gasteiger partial charge in [-0.2, -0.15) is 0 Å². The van der Waals surface area contributed by atoms with E-state index < -0.39 is 6.04 Å². The van der Waals surface area contributed by atoms with Crippen molar-refractivity contribution in [1.29, 1.82) is 0 Å². The van der Waals surface area contributed by atoms with Gasteiger partial charge in [0.1, 0.15) is 11.5 Å². The average molecular weight is 183 g/mol. The Morgan fingerprint density at radius 1 is 1.69 bits per heavy atom. The monoisotopic (exact) mass is 183 g/mol. The van der Waals surface area contributed by atoms with E-state index in [2.05, 4.69) is 4.74 Å². The van der Waals surface area contributed by atoms with Gasteiger partial charge in [-0.05, 0) is 19.1 Å². The van der Waals surface area contributed by atoms with Crippen molar-refractivity contribution in [2.45, 2.75) is 19.4 Å². The number of aryl methyl sites for hydroxylation is 1. The van der Waals surface area contributed by atoms with Gasteiger partial charge >= 0.3 is 5.97 Å². The van der Waals surface area contributed by atoms with Crippen LogP contribution in [-0.2, 0) is 9.53 Å². The molecule has 1 rings (SSSR count). The first-order valence-corrected chi connectivity index (χ1v) is 4.02. The van der Waals surface area contributed by atoms with Gasteiger partial charge in [0, 0.05) is 0 Å². The van der Waals surface area contributed by atoms with Crippen LogP contribution in [0, 0.1) is 6.92 Å². The molecule has 0 bridgehead atoms. The molecule has 0 fully saturated rings. The molecule has 0 aliphatic carbocycles. The van der Waals surface area contributed by atoms with Crippen molar-refractivity contribution in [3.05, 3.63) is 23.7 Å². The van der Waals surface area contributed by atoms with Gasteiger partial charge in [-0.25, -0.2) is 0 Å². The molecule has 0 radical (unpaired) electrons. The second-order valence-corrected chi connectivity index (χ2v) is 2.84. The molecule has 0 aliphatic heterocycles. The predicted octanol–water partition coefficient (Wildman–Crippen LogP) is 1.15. The summed E-state index contributed by atoms with van der Waals surface area (Å²) in [6, 6.07) is 3.16. The third-order valence-electron chi connectivity index (χ3n) is 1.74. The summed E-state index contributed by atoms with van der Waals surface area (Å²) < 4.78 is 9.75. The highest BCUT2D eigenvalue weighted by molar-refractivity contribution is 5.70. The van der Waals surface area contributed by atoms with Crippen molar-refractivity contribution in [3.63, 3.8) is 0 Å². The van der Waals surface area contributed by atoms with Crippen molar-refractivity contribution in [2.75, 3.05) is 7.11 Å². The number of nitrogens with two attached hydrogens (primary N) is 1. The summed E-state index contributed by atoms with van der Waals surface area (Å²) >= 11 is 0. The molecule has 0 spiro atoms. The van der Waals surface area contributed by atoms with Crippen LogP contribution < -0.4 is 5.73 Å². The number of methoxy groups -OCH3 is 1. The quantitative estimate of drug-likeness (QED) is 0.714. The van der Waals surface area contributed by atoms with Crippen LogP contribution in [0.15, 0.2) is 16.5 Å². The fraction of sp³-hybridized carbons (Fsp3) is 0.444. The van der Waals surface area contributed by atoms with Crippen LogP contribution >= 0.6 is 0 Å². The van der Waals surface area contributed by atoms with Crippen LogP contribution in [0.2, 0.25) is 0 Å². The lowest BCUT2D eigenvalue weighted by atomic mass is 10.2. The minimum atomic E-state index is -0.416. The molecule has 0 aliphatic rings. The maximum Gasteiger partial charge on any atom is 0.307 e. The standard InChI is InChI=1S/C9H13NO3/c1-6-3-4-8(13-6)7(10)5-9(11)12-2/h3-4,7H,5,10H2,1-2H3/t7-/m0/s1. The largest absolute Gasteiger partial charge is 0.469 e. The van der Waals surface area contributed by atoms with E-state index in [1.54, 1.807) is 6.07 Å². The highest BCUT2D eigenvalue weighted by Gasteiger charge is 2.14. The van der Waals surface area contributed by atoms with Gasteiger partial charge in [0.05, 0.1) is 19.6 Å². The highest BCUT2D eigenvalue weighted by atomic mass is 16.5. The number of hydrogen-bond donors (Lipinski definition) is 1. The van der Waals surface area contributed by atoms with Gasteiger partial charge in [-0.15, -0.1) is 0 Å². The third kappa shape index (κ3) is 2.59. The Morgan fingerprint density at radius 3 is 2.85 bits per heavy atom. The van der Waals surface area contributed by atoms with Crippen molar-refractivity contribution < 1.29 is 13.9 Å². The third-order valence-corrected chi connectivity index (χ3v) is 1.74. The van der Waals surface area contributed by atoms with E-state index in [-0.39, 0.29) is 12.4 Å². The van der Waals surface area contributed by atoms with Crippen LogP contribution in [-0.4, -0.2) is 13.1 Å². The summed E-state index contributed by atoms with van der Waals surface area (Å²) in [6.07, 6.45) is 0.142. The molecule has 1 atom stereocenters. The first-order chi connectivity index (χ1) is 6.13. The van der Waals surface area contributed by atoms with Gasteiger partial charge in [-0.1, -0.05) is 0 Å². The van der Waals surface area contributed by atoms with E-state index in [0.717, 1.165) is 5.76 Å². The Morgan fingerprint density at radius 2 is 2.38 bits per heavy atom. The number of hydrogen-bond acceptors (Lipinski definition) is 4. The van der Waals surface area contributed by atoms with E-state index in [9.17, 15) is 4.79 Å². The normalized spacial score (nSPS) is 12.5. The Kier molecular flexibility index (Phi) is 3.08. The van der Waals surface area contributed by atoms with Gasteiger partial charge in [0.25, 0.3) is 0 Å². The van der Waals surface area contributed by atoms with Crippen molar-refractivity contribution >= 4 is 5.97 Å². The lowest BCUT2D eigenvalue weighted by Crippen LogP contribution is -2.15. The lowest BCUT2D eigenvalue weighted by molar-refractivity contribution is -0.141. The minimum Gasteiger partial charge on any atom is -0.469 e. The van der Waals surface area contributed by atoms with E-state index in [4.69, 9.17) is 10.2 Å². The molecule has 13 heavy (non-hydrogen) atoms. The molecule has 2 N–H and O–H groups in total. The van der Waals surface area contributed by atoms with E-state index in [0.29, 0.717) is 5.76 Å². The van der Waals surface area contributed by atoms with Crippen LogP contribution in [0.4, 0.5) is 0 Å². The Labute approximate surface area is 76.7 Å². The van der Waals surface area contributed by atoms with Crippen LogP contribution in [0.25, 0.3) is 0 Å². The zero-order valence-electron chi connectivity index (χ0n) is 7.74. The first kappa shape index (κ1) is 9.80. The van der Waals surface area contributed by atoms with Gasteiger partial charge < -0.3 is 14.9 Å². The molecular formula is C9H13NO3. The molecular weight excluding hydrogens is 170 g/mol. The van der Waals surface area contributed by atoms with Crippen molar-refractivity contribution in [3.8, 4) is 0 Å².